The van der Waals surface area contributed by atoms with Crippen molar-refractivity contribution in [1.29, 1.82) is 0 Å². The van der Waals surface area contributed by atoms with Crippen LogP contribution in [0.25, 0.3) is 0 Å². The van der Waals surface area contributed by atoms with Crippen LogP contribution in [0.15, 0.2) is 40.6 Å². The van der Waals surface area contributed by atoms with Crippen molar-refractivity contribution in [2.24, 2.45) is 0 Å². The normalized spacial score (nSPS) is 20.7. The summed E-state index contributed by atoms with van der Waals surface area (Å²) in [6.45, 7) is 0. The molecule has 2 rings (SSSR count). The fourth-order valence-electron chi connectivity index (χ4n) is 1.81. The van der Waals surface area contributed by atoms with Gasteiger partial charge in [-0.25, -0.2) is 21.6 Å². The largest absolute Gasteiger partial charge is 0.399 e. The third-order valence-electron chi connectivity index (χ3n) is 2.74. The molecule has 1 unspecified atom stereocenters. The Bertz CT molecular complexity index is 742. The molecule has 1 atom stereocenters. The van der Waals surface area contributed by atoms with Crippen LogP contribution in [0.1, 0.15) is 0 Å². The van der Waals surface area contributed by atoms with Crippen molar-refractivity contribution in [2.45, 2.75) is 10.9 Å². The summed E-state index contributed by atoms with van der Waals surface area (Å²) in [5.74, 6) is 0.0629. The quantitative estimate of drug-likeness (QED) is 0.576. The number of anilines is 1. The van der Waals surface area contributed by atoms with Crippen molar-refractivity contribution < 1.29 is 16.8 Å². The summed E-state index contributed by atoms with van der Waals surface area (Å²) in [5, 5.41) is 1.04. The second-order valence-electron chi connectivity index (χ2n) is 4.62. The first kappa shape index (κ1) is 16.3. The number of nitrogen functional groups attached to an aromatic ring is 1. The average molecular weight is 348 g/mol. The van der Waals surface area contributed by atoms with Gasteiger partial charge in [-0.05, 0) is 18.2 Å². The van der Waals surface area contributed by atoms with E-state index in [-0.39, 0.29) is 11.5 Å². The summed E-state index contributed by atoms with van der Waals surface area (Å²) < 4.78 is 48.6. The first-order chi connectivity index (χ1) is 9.76. The van der Waals surface area contributed by atoms with Gasteiger partial charge in [0.25, 0.3) is 0 Å². The molecule has 0 fully saturated rings. The maximum absolute atomic E-state index is 11.9. The van der Waals surface area contributed by atoms with Crippen LogP contribution in [0.3, 0.4) is 0 Å². The highest BCUT2D eigenvalue weighted by molar-refractivity contribution is 8.00. The lowest BCUT2D eigenvalue weighted by atomic mass is 10.3. The van der Waals surface area contributed by atoms with E-state index in [2.05, 4.69) is 4.72 Å². The van der Waals surface area contributed by atoms with Gasteiger partial charge in [0.05, 0.1) is 17.5 Å². The summed E-state index contributed by atoms with van der Waals surface area (Å²) >= 11 is 1.38. The highest BCUT2D eigenvalue weighted by Crippen LogP contribution is 2.20. The molecule has 21 heavy (non-hydrogen) atoms. The Balaban J connectivity index is 1.83. The number of hydrogen-bond acceptors (Lipinski definition) is 6. The maximum Gasteiger partial charge on any atom is 0.212 e. The molecule has 1 aliphatic heterocycles. The van der Waals surface area contributed by atoms with Gasteiger partial charge in [0, 0.05) is 21.7 Å². The summed E-state index contributed by atoms with van der Waals surface area (Å²) in [6.07, 6.45) is 1.36. The highest BCUT2D eigenvalue weighted by atomic mass is 32.2. The monoisotopic (exact) mass is 348 g/mol. The fraction of sp³-hybridized carbons (Fsp3) is 0.333. The van der Waals surface area contributed by atoms with E-state index >= 15 is 0 Å². The molecule has 6 nitrogen and oxygen atoms in total. The number of sulfone groups is 1. The van der Waals surface area contributed by atoms with Gasteiger partial charge in [0.1, 0.15) is 0 Å². The van der Waals surface area contributed by atoms with E-state index in [1.165, 1.54) is 17.8 Å². The number of sulfonamides is 1. The summed E-state index contributed by atoms with van der Waals surface area (Å²) in [7, 11) is -6.78. The molecular weight excluding hydrogens is 332 g/mol. The summed E-state index contributed by atoms with van der Waals surface area (Å²) in [5.41, 5.74) is 6.27. The first-order valence-corrected chi connectivity index (χ1v) is 10.5. The van der Waals surface area contributed by atoms with Gasteiger partial charge in [-0.1, -0.05) is 12.1 Å². The molecule has 3 N–H and O–H groups in total. The Hall–Kier alpha value is -1.03. The van der Waals surface area contributed by atoms with E-state index in [9.17, 15) is 16.8 Å². The molecule has 0 spiro atoms. The van der Waals surface area contributed by atoms with Gasteiger partial charge in [0.2, 0.25) is 10.0 Å². The standard InChI is InChI=1S/C12H16N2O4S3/c13-10-2-1-3-12(8-10)19-5-7-21(17,18)14-11-4-6-20(15,16)9-11/h1-4,6,8,11,14H,5,7,9,13H2. The molecule has 1 heterocycles. The molecule has 0 aromatic heterocycles. The lowest BCUT2D eigenvalue weighted by Crippen LogP contribution is -2.37. The van der Waals surface area contributed by atoms with E-state index in [0.717, 1.165) is 10.3 Å². The van der Waals surface area contributed by atoms with Crippen LogP contribution in [0.5, 0.6) is 0 Å². The minimum atomic E-state index is -3.51. The van der Waals surface area contributed by atoms with E-state index in [1.54, 1.807) is 18.2 Å². The van der Waals surface area contributed by atoms with Gasteiger partial charge in [-0.2, -0.15) is 0 Å². The zero-order valence-electron chi connectivity index (χ0n) is 11.1. The molecule has 0 radical (unpaired) electrons. The molecule has 0 aliphatic carbocycles. The lowest BCUT2D eigenvalue weighted by Gasteiger charge is -2.10. The fourth-order valence-corrected chi connectivity index (χ4v) is 5.73. The second-order valence-corrected chi connectivity index (χ2v) is 9.60. The lowest BCUT2D eigenvalue weighted by molar-refractivity contribution is 0.576. The maximum atomic E-state index is 11.9. The molecule has 0 bridgehead atoms. The number of hydrogen-bond donors (Lipinski definition) is 2. The van der Waals surface area contributed by atoms with Gasteiger partial charge in [-0.3, -0.25) is 0 Å². The average Bonchev–Trinajstić information content (AvgIpc) is 2.67. The molecule has 116 valence electrons. The van der Waals surface area contributed by atoms with E-state index in [0.29, 0.717) is 11.4 Å². The van der Waals surface area contributed by atoms with Crippen LogP contribution in [-0.4, -0.2) is 40.1 Å². The van der Waals surface area contributed by atoms with Gasteiger partial charge >= 0.3 is 0 Å². The van der Waals surface area contributed by atoms with Crippen molar-refractivity contribution >= 4 is 37.3 Å². The predicted molar refractivity (Wildman–Crippen MR) is 85.2 cm³/mol. The van der Waals surface area contributed by atoms with Crippen LogP contribution in [0, 0.1) is 0 Å². The minimum Gasteiger partial charge on any atom is -0.399 e. The third kappa shape index (κ3) is 5.34. The van der Waals surface area contributed by atoms with Gasteiger partial charge in [0.15, 0.2) is 9.84 Å². The molecule has 0 saturated heterocycles. The van der Waals surface area contributed by atoms with Crippen molar-refractivity contribution in [1.82, 2.24) is 4.72 Å². The van der Waals surface area contributed by atoms with E-state index in [1.807, 2.05) is 6.07 Å². The highest BCUT2D eigenvalue weighted by Gasteiger charge is 2.25. The Morgan fingerprint density at radius 2 is 2.14 bits per heavy atom. The Morgan fingerprint density at radius 3 is 2.76 bits per heavy atom. The van der Waals surface area contributed by atoms with Crippen molar-refractivity contribution in [3.63, 3.8) is 0 Å². The van der Waals surface area contributed by atoms with Crippen molar-refractivity contribution in [3.05, 3.63) is 35.7 Å². The van der Waals surface area contributed by atoms with Gasteiger partial charge in [-0.15, -0.1) is 11.8 Å². The number of nitrogens with one attached hydrogen (secondary N) is 1. The number of thioether (sulfide) groups is 1. The predicted octanol–water partition coefficient (Wildman–Crippen LogP) is 0.591. The second kappa shape index (κ2) is 6.39. The zero-order chi connectivity index (χ0) is 15.5. The Morgan fingerprint density at radius 1 is 1.38 bits per heavy atom. The van der Waals surface area contributed by atoms with Crippen LogP contribution in [-0.2, 0) is 19.9 Å². The molecular formula is C12H16N2O4S3. The smallest absolute Gasteiger partial charge is 0.212 e. The molecule has 1 aromatic rings. The van der Waals surface area contributed by atoms with Crippen molar-refractivity contribution in [2.75, 3.05) is 23.0 Å². The zero-order valence-corrected chi connectivity index (χ0v) is 13.5. The molecule has 0 saturated carbocycles. The number of rotatable bonds is 6. The van der Waals surface area contributed by atoms with Crippen molar-refractivity contribution in [3.8, 4) is 0 Å². The third-order valence-corrected chi connectivity index (χ3v) is 6.79. The molecule has 1 aliphatic rings. The SMILES string of the molecule is Nc1cccc(SCCS(=O)(=O)NC2C=CS(=O)(=O)C2)c1. The van der Waals surface area contributed by atoms with Crippen LogP contribution >= 0.6 is 11.8 Å². The molecule has 9 heteroatoms. The number of nitrogens with two attached hydrogens (primary N) is 1. The van der Waals surface area contributed by atoms with Crippen LogP contribution in [0.4, 0.5) is 5.69 Å². The Kier molecular flexibility index (Phi) is 4.97. The summed E-state index contributed by atoms with van der Waals surface area (Å²) in [4.78, 5) is 0.897. The number of benzene rings is 1. The van der Waals surface area contributed by atoms with Crippen LogP contribution < -0.4 is 10.5 Å². The van der Waals surface area contributed by atoms with Crippen LogP contribution in [0.2, 0.25) is 0 Å². The van der Waals surface area contributed by atoms with Gasteiger partial charge < -0.3 is 5.73 Å². The summed E-state index contributed by atoms with van der Waals surface area (Å²) in [6, 6.07) is 6.52. The topological polar surface area (TPSA) is 106 Å². The molecule has 0 amide bonds. The Labute approximate surface area is 128 Å². The first-order valence-electron chi connectivity index (χ1n) is 6.15. The minimum absolute atomic E-state index is 0.0865. The van der Waals surface area contributed by atoms with E-state index < -0.39 is 25.9 Å². The van der Waals surface area contributed by atoms with E-state index in [4.69, 9.17) is 5.73 Å². The molecule has 1 aromatic carbocycles.